The molecule has 0 saturated heterocycles. The molecule has 1 aliphatic rings. The number of benzene rings is 2. The highest BCUT2D eigenvalue weighted by molar-refractivity contribution is 5.90. The first-order valence-electron chi connectivity index (χ1n) is 9.58. The fourth-order valence-electron chi connectivity index (χ4n) is 3.81. The maximum Gasteiger partial charge on any atom is 0.374 e. The minimum absolute atomic E-state index is 0.0373. The van der Waals surface area contributed by atoms with Crippen LogP contribution in [0, 0.1) is 0 Å². The maximum absolute atomic E-state index is 12.6. The Hall–Kier alpha value is -3.41. The van der Waals surface area contributed by atoms with Crippen molar-refractivity contribution in [3.8, 4) is 0 Å². The molecule has 1 atom stereocenters. The Morgan fingerprint density at radius 1 is 1.14 bits per heavy atom. The van der Waals surface area contributed by atoms with E-state index in [0.29, 0.717) is 11.0 Å². The normalized spacial score (nSPS) is 15.6. The van der Waals surface area contributed by atoms with Gasteiger partial charge in [-0.2, -0.15) is 0 Å². The lowest BCUT2D eigenvalue weighted by molar-refractivity contribution is -0.135. The van der Waals surface area contributed by atoms with Crippen LogP contribution in [0.5, 0.6) is 0 Å². The van der Waals surface area contributed by atoms with Gasteiger partial charge in [-0.3, -0.25) is 9.59 Å². The zero-order valence-corrected chi connectivity index (χ0v) is 16.1. The first kappa shape index (κ1) is 18.9. The molecule has 0 bridgehead atoms. The van der Waals surface area contributed by atoms with Gasteiger partial charge in [-0.05, 0) is 42.5 Å². The van der Waals surface area contributed by atoms with Crippen molar-refractivity contribution in [1.29, 1.82) is 0 Å². The number of aryl methyl sites for hydroxylation is 1. The monoisotopic (exact) mass is 391 g/mol. The second-order valence-corrected chi connectivity index (χ2v) is 7.16. The molecule has 4 rings (SSSR count). The van der Waals surface area contributed by atoms with Crippen LogP contribution < -0.4 is 5.43 Å². The van der Waals surface area contributed by atoms with Crippen molar-refractivity contribution >= 4 is 22.8 Å². The van der Waals surface area contributed by atoms with E-state index in [1.54, 1.807) is 36.2 Å². The number of hydrogen-bond donors (Lipinski definition) is 0. The Morgan fingerprint density at radius 2 is 1.90 bits per heavy atom. The maximum atomic E-state index is 12.6. The summed E-state index contributed by atoms with van der Waals surface area (Å²) in [5.41, 5.74) is 2.36. The molecule has 0 aliphatic heterocycles. The van der Waals surface area contributed by atoms with Gasteiger partial charge in [0.1, 0.15) is 5.58 Å². The zero-order valence-electron chi connectivity index (χ0n) is 16.1. The standard InChI is InChI=1S/C23H21NO5/c1-24(18-11-6-8-15-7-2-3-9-16(15)18)22(26)14-28-23(27)21-13-19(25)17-10-4-5-12-20(17)29-21/h2-5,7,9-10,12-13,18H,6,8,11,14H2,1H3. The van der Waals surface area contributed by atoms with Crippen molar-refractivity contribution in [2.75, 3.05) is 13.7 Å². The van der Waals surface area contributed by atoms with E-state index in [4.69, 9.17) is 9.15 Å². The summed E-state index contributed by atoms with van der Waals surface area (Å²) in [4.78, 5) is 38.7. The number of amides is 1. The van der Waals surface area contributed by atoms with E-state index in [1.807, 2.05) is 18.2 Å². The number of nitrogens with zero attached hydrogens (tertiary/aromatic N) is 1. The molecule has 29 heavy (non-hydrogen) atoms. The van der Waals surface area contributed by atoms with Crippen molar-refractivity contribution in [1.82, 2.24) is 4.90 Å². The van der Waals surface area contributed by atoms with Gasteiger partial charge < -0.3 is 14.1 Å². The molecule has 1 amide bonds. The van der Waals surface area contributed by atoms with Gasteiger partial charge in [0.05, 0.1) is 11.4 Å². The number of para-hydroxylation sites is 1. The first-order valence-corrected chi connectivity index (χ1v) is 9.58. The number of carbonyl (C=O) groups excluding carboxylic acids is 2. The van der Waals surface area contributed by atoms with Crippen LogP contribution in [0.1, 0.15) is 40.6 Å². The Balaban J connectivity index is 1.45. The third kappa shape index (κ3) is 3.78. The van der Waals surface area contributed by atoms with Gasteiger partial charge in [-0.1, -0.05) is 36.4 Å². The second-order valence-electron chi connectivity index (χ2n) is 7.16. The summed E-state index contributed by atoms with van der Waals surface area (Å²) in [5.74, 6) is -1.35. The molecule has 1 unspecified atom stereocenters. The molecule has 3 aromatic rings. The number of carbonyl (C=O) groups is 2. The molecule has 2 aromatic carbocycles. The third-order valence-electron chi connectivity index (χ3n) is 5.36. The Morgan fingerprint density at radius 3 is 2.76 bits per heavy atom. The molecular formula is C23H21NO5. The molecule has 6 nitrogen and oxygen atoms in total. The van der Waals surface area contributed by atoms with Gasteiger partial charge in [0.15, 0.2) is 12.0 Å². The van der Waals surface area contributed by atoms with Crippen molar-refractivity contribution in [2.24, 2.45) is 0 Å². The number of esters is 1. The molecule has 0 N–H and O–H groups in total. The summed E-state index contributed by atoms with van der Waals surface area (Å²) in [6.07, 6.45) is 2.87. The first-order chi connectivity index (χ1) is 14.0. The molecule has 0 saturated carbocycles. The molecule has 0 fully saturated rings. The minimum Gasteiger partial charge on any atom is -0.450 e. The zero-order chi connectivity index (χ0) is 20.4. The van der Waals surface area contributed by atoms with Crippen LogP contribution in [-0.4, -0.2) is 30.4 Å². The summed E-state index contributed by atoms with van der Waals surface area (Å²) in [6, 6.07) is 15.8. The summed E-state index contributed by atoms with van der Waals surface area (Å²) in [7, 11) is 1.72. The van der Waals surface area contributed by atoms with Gasteiger partial charge in [0.2, 0.25) is 5.76 Å². The van der Waals surface area contributed by atoms with Crippen LogP contribution in [0.3, 0.4) is 0 Å². The summed E-state index contributed by atoms with van der Waals surface area (Å²) >= 11 is 0. The van der Waals surface area contributed by atoms with Crippen molar-refractivity contribution in [3.05, 3.63) is 81.7 Å². The topological polar surface area (TPSA) is 76.8 Å². The fourth-order valence-corrected chi connectivity index (χ4v) is 3.81. The quantitative estimate of drug-likeness (QED) is 0.637. The molecule has 148 valence electrons. The summed E-state index contributed by atoms with van der Waals surface area (Å²) < 4.78 is 10.6. The van der Waals surface area contributed by atoms with E-state index in [-0.39, 0.29) is 23.1 Å². The predicted molar refractivity (Wildman–Crippen MR) is 108 cm³/mol. The predicted octanol–water partition coefficient (Wildman–Crippen LogP) is 3.49. The van der Waals surface area contributed by atoms with Crippen LogP contribution in [0.4, 0.5) is 0 Å². The molecule has 0 spiro atoms. The number of ether oxygens (including phenoxy) is 1. The smallest absolute Gasteiger partial charge is 0.374 e. The van der Waals surface area contributed by atoms with Crippen LogP contribution in [-0.2, 0) is 16.0 Å². The Kier molecular flexibility index (Phi) is 5.16. The highest BCUT2D eigenvalue weighted by atomic mass is 16.5. The number of fused-ring (bicyclic) bond motifs is 2. The molecule has 1 heterocycles. The van der Waals surface area contributed by atoms with Crippen molar-refractivity contribution in [2.45, 2.75) is 25.3 Å². The average molecular weight is 391 g/mol. The Labute approximate surface area is 167 Å². The molecule has 0 radical (unpaired) electrons. The van der Waals surface area contributed by atoms with E-state index in [9.17, 15) is 14.4 Å². The van der Waals surface area contributed by atoms with Crippen molar-refractivity contribution in [3.63, 3.8) is 0 Å². The summed E-state index contributed by atoms with van der Waals surface area (Å²) in [6.45, 7) is -0.412. The van der Waals surface area contributed by atoms with E-state index >= 15 is 0 Å². The van der Waals surface area contributed by atoms with Crippen LogP contribution in [0.2, 0.25) is 0 Å². The van der Waals surface area contributed by atoms with Gasteiger partial charge in [-0.25, -0.2) is 4.79 Å². The van der Waals surface area contributed by atoms with Gasteiger partial charge >= 0.3 is 5.97 Å². The molecule has 6 heteroatoms. The highest BCUT2D eigenvalue weighted by Gasteiger charge is 2.27. The fraction of sp³-hybridized carbons (Fsp3) is 0.261. The Bertz CT molecular complexity index is 1130. The molecule has 1 aliphatic carbocycles. The van der Waals surface area contributed by atoms with Gasteiger partial charge in [-0.15, -0.1) is 0 Å². The van der Waals surface area contributed by atoms with Crippen LogP contribution >= 0.6 is 0 Å². The largest absolute Gasteiger partial charge is 0.450 e. The third-order valence-corrected chi connectivity index (χ3v) is 5.36. The van der Waals surface area contributed by atoms with Crippen molar-refractivity contribution < 1.29 is 18.7 Å². The summed E-state index contributed by atoms with van der Waals surface area (Å²) in [5, 5.41) is 0.385. The van der Waals surface area contributed by atoms with Gasteiger partial charge in [0, 0.05) is 13.1 Å². The van der Waals surface area contributed by atoms with E-state index in [0.717, 1.165) is 30.9 Å². The van der Waals surface area contributed by atoms with Crippen LogP contribution in [0.15, 0.2) is 63.8 Å². The average Bonchev–Trinajstić information content (AvgIpc) is 2.76. The lowest BCUT2D eigenvalue weighted by Crippen LogP contribution is -2.36. The molecule has 1 aromatic heterocycles. The van der Waals surface area contributed by atoms with Crippen LogP contribution in [0.25, 0.3) is 11.0 Å². The molecular weight excluding hydrogens is 370 g/mol. The lowest BCUT2D eigenvalue weighted by atomic mass is 9.87. The highest BCUT2D eigenvalue weighted by Crippen LogP contribution is 2.33. The van der Waals surface area contributed by atoms with E-state index < -0.39 is 12.6 Å². The number of rotatable bonds is 4. The number of hydrogen-bond acceptors (Lipinski definition) is 5. The minimum atomic E-state index is -0.835. The number of likely N-dealkylation sites (N-methyl/N-ethyl adjacent to an activating group) is 1. The van der Waals surface area contributed by atoms with Gasteiger partial charge in [0.25, 0.3) is 5.91 Å². The SMILES string of the molecule is CN(C(=O)COC(=O)c1cc(=O)c2ccccc2o1)C1CCCc2ccccc21. The van der Waals surface area contributed by atoms with E-state index in [1.165, 1.54) is 5.56 Å². The lowest BCUT2D eigenvalue weighted by Gasteiger charge is -2.33. The van der Waals surface area contributed by atoms with E-state index in [2.05, 4.69) is 6.07 Å². The second kappa shape index (κ2) is 7.91.